The van der Waals surface area contributed by atoms with Crippen molar-refractivity contribution in [3.63, 3.8) is 0 Å². The molecule has 0 radical (unpaired) electrons. The van der Waals surface area contributed by atoms with Gasteiger partial charge in [0.1, 0.15) is 11.1 Å². The Bertz CT molecular complexity index is 522. The fraction of sp³-hybridized carbons (Fsp3) is 0.308. The van der Waals surface area contributed by atoms with Crippen LogP contribution >= 0.6 is 11.3 Å². The number of aliphatic hydroxyl groups excluding tert-OH is 1. The van der Waals surface area contributed by atoms with E-state index in [2.05, 4.69) is 37.0 Å². The van der Waals surface area contributed by atoms with E-state index >= 15 is 0 Å². The number of thiazole rings is 1. The number of aromatic nitrogens is 1. The van der Waals surface area contributed by atoms with Crippen LogP contribution in [-0.2, 0) is 0 Å². The molecule has 90 valence electrons. The largest absolute Gasteiger partial charge is 0.385 e. The Morgan fingerprint density at radius 1 is 1.41 bits per heavy atom. The molecule has 0 spiro atoms. The molecule has 4 heteroatoms. The van der Waals surface area contributed by atoms with Gasteiger partial charge in [-0.25, -0.2) is 4.98 Å². The molecule has 0 aliphatic carbocycles. The summed E-state index contributed by atoms with van der Waals surface area (Å²) in [6, 6.07) is 6.28. The minimum Gasteiger partial charge on any atom is -0.385 e. The highest BCUT2D eigenvalue weighted by Gasteiger charge is 2.12. The Balaban J connectivity index is 2.40. The Hall–Kier alpha value is -1.23. The summed E-state index contributed by atoms with van der Waals surface area (Å²) in [5, 5.41) is 12.3. The summed E-state index contributed by atoms with van der Waals surface area (Å²) in [6.45, 7) is 4.33. The highest BCUT2D eigenvalue weighted by molar-refractivity contribution is 7.10. The van der Waals surface area contributed by atoms with Crippen molar-refractivity contribution in [2.75, 3.05) is 6.54 Å². The third kappa shape index (κ3) is 2.54. The molecule has 1 unspecified atom stereocenters. The van der Waals surface area contributed by atoms with Crippen molar-refractivity contribution >= 4 is 11.3 Å². The zero-order chi connectivity index (χ0) is 12.4. The summed E-state index contributed by atoms with van der Waals surface area (Å²) in [7, 11) is 0. The molecular formula is C13H16N2OS. The highest BCUT2D eigenvalue weighted by Crippen LogP contribution is 2.28. The third-order valence-corrected chi connectivity index (χ3v) is 3.65. The first-order chi connectivity index (χ1) is 8.11. The molecule has 0 amide bonds. The molecule has 0 bridgehead atoms. The van der Waals surface area contributed by atoms with Crippen LogP contribution in [-0.4, -0.2) is 16.6 Å². The fourth-order valence-corrected chi connectivity index (χ4v) is 2.49. The summed E-state index contributed by atoms with van der Waals surface area (Å²) >= 11 is 1.45. The molecule has 0 saturated heterocycles. The van der Waals surface area contributed by atoms with Crippen LogP contribution in [0, 0.1) is 13.8 Å². The summed E-state index contributed by atoms with van der Waals surface area (Å²) in [4.78, 5) is 4.44. The first-order valence-corrected chi connectivity index (χ1v) is 6.41. The number of aryl methyl sites for hydroxylation is 2. The summed E-state index contributed by atoms with van der Waals surface area (Å²) in [5.74, 6) is 0. The SMILES string of the molecule is Cc1ccc(C)c(-c2csc(C(O)CN)n2)c1. The van der Waals surface area contributed by atoms with E-state index in [1.54, 1.807) is 0 Å². The van der Waals surface area contributed by atoms with Crippen molar-refractivity contribution in [1.82, 2.24) is 4.98 Å². The van der Waals surface area contributed by atoms with Crippen LogP contribution in [0.1, 0.15) is 22.2 Å². The molecule has 1 aromatic carbocycles. The molecule has 1 aromatic heterocycles. The van der Waals surface area contributed by atoms with Crippen molar-refractivity contribution in [2.24, 2.45) is 5.73 Å². The number of nitrogens with zero attached hydrogens (tertiary/aromatic N) is 1. The van der Waals surface area contributed by atoms with Gasteiger partial charge in [-0.15, -0.1) is 11.3 Å². The monoisotopic (exact) mass is 248 g/mol. The molecule has 2 aromatic rings. The Morgan fingerprint density at radius 3 is 2.88 bits per heavy atom. The molecule has 0 fully saturated rings. The van der Waals surface area contributed by atoms with Crippen LogP contribution in [0.4, 0.5) is 0 Å². The number of benzene rings is 1. The Morgan fingerprint density at radius 2 is 2.18 bits per heavy atom. The van der Waals surface area contributed by atoms with Crippen molar-refractivity contribution in [3.8, 4) is 11.3 Å². The van der Waals surface area contributed by atoms with Crippen LogP contribution in [0.3, 0.4) is 0 Å². The molecule has 0 aliphatic rings. The second kappa shape index (κ2) is 4.96. The summed E-state index contributed by atoms with van der Waals surface area (Å²) < 4.78 is 0. The van der Waals surface area contributed by atoms with Gasteiger partial charge in [0.2, 0.25) is 0 Å². The van der Waals surface area contributed by atoms with Crippen molar-refractivity contribution in [2.45, 2.75) is 20.0 Å². The van der Waals surface area contributed by atoms with Crippen molar-refractivity contribution in [1.29, 1.82) is 0 Å². The van der Waals surface area contributed by atoms with Gasteiger partial charge >= 0.3 is 0 Å². The lowest BCUT2D eigenvalue weighted by molar-refractivity contribution is 0.186. The zero-order valence-corrected chi connectivity index (χ0v) is 10.8. The predicted octanol–water partition coefficient (Wildman–Crippen LogP) is 2.42. The maximum absolute atomic E-state index is 9.64. The topological polar surface area (TPSA) is 59.1 Å². The molecule has 17 heavy (non-hydrogen) atoms. The van der Waals surface area contributed by atoms with Crippen LogP contribution in [0.15, 0.2) is 23.6 Å². The van der Waals surface area contributed by atoms with Crippen molar-refractivity contribution in [3.05, 3.63) is 39.7 Å². The highest BCUT2D eigenvalue weighted by atomic mass is 32.1. The molecule has 0 saturated carbocycles. The second-order valence-electron chi connectivity index (χ2n) is 4.14. The van der Waals surface area contributed by atoms with Gasteiger partial charge in [-0.2, -0.15) is 0 Å². The van der Waals surface area contributed by atoms with E-state index in [0.717, 1.165) is 11.3 Å². The van der Waals surface area contributed by atoms with E-state index < -0.39 is 6.10 Å². The van der Waals surface area contributed by atoms with Gasteiger partial charge in [0.05, 0.1) is 5.69 Å². The minimum absolute atomic E-state index is 0.208. The Kier molecular flexibility index (Phi) is 3.57. The van der Waals surface area contributed by atoms with Crippen LogP contribution in [0.5, 0.6) is 0 Å². The van der Waals surface area contributed by atoms with Crippen LogP contribution in [0.25, 0.3) is 11.3 Å². The van der Waals surface area contributed by atoms with Gasteiger partial charge in [-0.1, -0.05) is 17.7 Å². The molecule has 2 rings (SSSR count). The third-order valence-electron chi connectivity index (χ3n) is 2.70. The predicted molar refractivity (Wildman–Crippen MR) is 71.0 cm³/mol. The first-order valence-electron chi connectivity index (χ1n) is 5.53. The molecule has 1 atom stereocenters. The van der Waals surface area contributed by atoms with E-state index in [9.17, 15) is 5.11 Å². The molecule has 0 aliphatic heterocycles. The summed E-state index contributed by atoms with van der Waals surface area (Å²) in [5.41, 5.74) is 9.86. The zero-order valence-electron chi connectivity index (χ0n) is 9.97. The van der Waals surface area contributed by atoms with E-state index in [-0.39, 0.29) is 6.54 Å². The number of rotatable bonds is 3. The average Bonchev–Trinajstić information content (AvgIpc) is 2.80. The lowest BCUT2D eigenvalue weighted by atomic mass is 10.0. The maximum Gasteiger partial charge on any atom is 0.123 e. The van der Waals surface area contributed by atoms with Gasteiger partial charge in [-0.3, -0.25) is 0 Å². The quantitative estimate of drug-likeness (QED) is 0.877. The number of hydrogen-bond acceptors (Lipinski definition) is 4. The van der Waals surface area contributed by atoms with Crippen LogP contribution < -0.4 is 5.73 Å². The van der Waals surface area contributed by atoms with Gasteiger partial charge in [-0.05, 0) is 25.5 Å². The average molecular weight is 248 g/mol. The van der Waals surface area contributed by atoms with E-state index in [1.165, 1.54) is 22.5 Å². The minimum atomic E-state index is -0.654. The number of nitrogens with two attached hydrogens (primary N) is 1. The second-order valence-corrected chi connectivity index (χ2v) is 5.03. The van der Waals surface area contributed by atoms with E-state index in [4.69, 9.17) is 5.73 Å². The number of hydrogen-bond donors (Lipinski definition) is 2. The summed E-state index contributed by atoms with van der Waals surface area (Å²) in [6.07, 6.45) is -0.654. The lowest BCUT2D eigenvalue weighted by Crippen LogP contribution is -2.11. The fourth-order valence-electron chi connectivity index (χ4n) is 1.68. The molecule has 3 nitrogen and oxygen atoms in total. The smallest absolute Gasteiger partial charge is 0.123 e. The van der Waals surface area contributed by atoms with E-state index in [0.29, 0.717) is 5.01 Å². The van der Waals surface area contributed by atoms with Gasteiger partial charge in [0.25, 0.3) is 0 Å². The van der Waals surface area contributed by atoms with Crippen LogP contribution in [0.2, 0.25) is 0 Å². The maximum atomic E-state index is 9.64. The molecule has 1 heterocycles. The van der Waals surface area contributed by atoms with Crippen molar-refractivity contribution < 1.29 is 5.11 Å². The lowest BCUT2D eigenvalue weighted by Gasteiger charge is -2.04. The molecular weight excluding hydrogens is 232 g/mol. The van der Waals surface area contributed by atoms with E-state index in [1.807, 2.05) is 5.38 Å². The number of aliphatic hydroxyl groups is 1. The Labute approximate surface area is 105 Å². The first kappa shape index (κ1) is 12.2. The van der Waals surface area contributed by atoms with Gasteiger partial charge in [0, 0.05) is 17.5 Å². The normalized spacial score (nSPS) is 12.7. The van der Waals surface area contributed by atoms with Gasteiger partial charge < -0.3 is 10.8 Å². The standard InChI is InChI=1S/C13H16N2OS/c1-8-3-4-9(2)10(5-8)11-7-17-13(15-11)12(16)6-14/h3-5,7,12,16H,6,14H2,1-2H3. The van der Waals surface area contributed by atoms with Gasteiger partial charge in [0.15, 0.2) is 0 Å². The molecule has 3 N–H and O–H groups in total.